The van der Waals surface area contributed by atoms with E-state index in [-0.39, 0.29) is 17.7 Å². The Hall–Kier alpha value is -1.46. The van der Waals surface area contributed by atoms with Crippen molar-refractivity contribution in [3.05, 3.63) is 29.8 Å². The van der Waals surface area contributed by atoms with Crippen LogP contribution < -0.4 is 5.32 Å². The summed E-state index contributed by atoms with van der Waals surface area (Å²) >= 11 is 11.0. The SMILES string of the molecule is O=C(NC1CCN(C(=O)c2cccc(O)c2)CC1)C(Cl)Cl. The van der Waals surface area contributed by atoms with Crippen LogP contribution >= 0.6 is 23.2 Å². The molecule has 1 fully saturated rings. The molecule has 114 valence electrons. The lowest BCUT2D eigenvalue weighted by Gasteiger charge is -2.32. The number of halogens is 2. The molecule has 1 aliphatic rings. The number of aromatic hydroxyl groups is 1. The molecule has 2 N–H and O–H groups in total. The molecule has 7 heteroatoms. The monoisotopic (exact) mass is 330 g/mol. The standard InChI is InChI=1S/C14H16Cl2N2O3/c15-12(16)13(20)17-10-4-6-18(7-5-10)14(21)9-2-1-3-11(19)8-9/h1-3,8,10,12,19H,4-7H2,(H,17,20). The molecular formula is C14H16Cl2N2O3. The Kier molecular flexibility index (Phi) is 5.31. The highest BCUT2D eigenvalue weighted by molar-refractivity contribution is 6.53. The van der Waals surface area contributed by atoms with E-state index in [0.29, 0.717) is 31.5 Å². The summed E-state index contributed by atoms with van der Waals surface area (Å²) in [7, 11) is 0. The molecule has 0 spiro atoms. The van der Waals surface area contributed by atoms with Gasteiger partial charge in [-0.25, -0.2) is 0 Å². The Bertz CT molecular complexity index is 529. The lowest BCUT2D eigenvalue weighted by molar-refractivity contribution is -0.120. The number of piperidine rings is 1. The normalized spacial score (nSPS) is 16.0. The van der Waals surface area contributed by atoms with E-state index in [9.17, 15) is 14.7 Å². The summed E-state index contributed by atoms with van der Waals surface area (Å²) < 4.78 is 0. The Balaban J connectivity index is 1.89. The predicted octanol–water partition coefficient (Wildman–Crippen LogP) is 1.92. The van der Waals surface area contributed by atoms with E-state index >= 15 is 0 Å². The Morgan fingerprint density at radius 3 is 2.52 bits per heavy atom. The number of alkyl halides is 2. The van der Waals surface area contributed by atoms with Crippen LogP contribution in [-0.2, 0) is 4.79 Å². The maximum atomic E-state index is 12.3. The number of carbonyl (C=O) groups is 2. The second kappa shape index (κ2) is 7.00. The first-order chi connectivity index (χ1) is 9.97. The van der Waals surface area contributed by atoms with E-state index in [2.05, 4.69) is 5.32 Å². The highest BCUT2D eigenvalue weighted by atomic mass is 35.5. The van der Waals surface area contributed by atoms with Crippen LogP contribution in [0.4, 0.5) is 0 Å². The van der Waals surface area contributed by atoms with Crippen LogP contribution in [0.15, 0.2) is 24.3 Å². The topological polar surface area (TPSA) is 69.6 Å². The smallest absolute Gasteiger partial charge is 0.253 e. The zero-order valence-corrected chi connectivity index (χ0v) is 12.8. The van der Waals surface area contributed by atoms with Crippen LogP contribution in [0.1, 0.15) is 23.2 Å². The zero-order valence-electron chi connectivity index (χ0n) is 11.3. The number of benzene rings is 1. The summed E-state index contributed by atoms with van der Waals surface area (Å²) in [4.78, 5) is 24.3. The van der Waals surface area contributed by atoms with Gasteiger partial charge in [0.15, 0.2) is 4.84 Å². The third kappa shape index (κ3) is 4.25. The van der Waals surface area contributed by atoms with E-state index in [1.165, 1.54) is 12.1 Å². The first kappa shape index (κ1) is 15.9. The minimum absolute atomic E-state index is 0.0225. The number of phenolic OH excluding ortho intramolecular Hbond substituents is 1. The van der Waals surface area contributed by atoms with Crippen LogP contribution in [0.2, 0.25) is 0 Å². The minimum Gasteiger partial charge on any atom is -0.508 e. The summed E-state index contributed by atoms with van der Waals surface area (Å²) in [5.74, 6) is -0.461. The molecule has 0 radical (unpaired) electrons. The fourth-order valence-corrected chi connectivity index (χ4v) is 2.44. The molecule has 0 unspecified atom stereocenters. The molecule has 1 heterocycles. The molecular weight excluding hydrogens is 315 g/mol. The van der Waals surface area contributed by atoms with Gasteiger partial charge in [0.2, 0.25) is 0 Å². The predicted molar refractivity (Wildman–Crippen MR) is 80.7 cm³/mol. The molecule has 5 nitrogen and oxygen atoms in total. The van der Waals surface area contributed by atoms with Crippen molar-refractivity contribution in [2.45, 2.75) is 23.7 Å². The first-order valence-corrected chi connectivity index (χ1v) is 7.51. The number of hydrogen-bond acceptors (Lipinski definition) is 3. The molecule has 0 saturated carbocycles. The van der Waals surface area contributed by atoms with Crippen molar-refractivity contribution in [1.82, 2.24) is 10.2 Å². The van der Waals surface area contributed by atoms with Gasteiger partial charge in [0.1, 0.15) is 5.75 Å². The van der Waals surface area contributed by atoms with Gasteiger partial charge in [0.05, 0.1) is 0 Å². The molecule has 1 aromatic carbocycles. The van der Waals surface area contributed by atoms with Crippen LogP contribution in [0.25, 0.3) is 0 Å². The molecule has 1 aromatic rings. The van der Waals surface area contributed by atoms with Crippen molar-refractivity contribution in [3.63, 3.8) is 0 Å². The van der Waals surface area contributed by atoms with Crippen LogP contribution in [0, 0.1) is 0 Å². The highest BCUT2D eigenvalue weighted by Gasteiger charge is 2.25. The molecule has 1 saturated heterocycles. The van der Waals surface area contributed by atoms with E-state index in [4.69, 9.17) is 23.2 Å². The number of rotatable bonds is 3. The van der Waals surface area contributed by atoms with Crippen molar-refractivity contribution in [3.8, 4) is 5.75 Å². The molecule has 0 aromatic heterocycles. The molecule has 0 bridgehead atoms. The van der Waals surface area contributed by atoms with Gasteiger partial charge in [-0.05, 0) is 31.0 Å². The maximum Gasteiger partial charge on any atom is 0.253 e. The van der Waals surface area contributed by atoms with Crippen molar-refractivity contribution in [2.75, 3.05) is 13.1 Å². The number of phenols is 1. The van der Waals surface area contributed by atoms with Crippen molar-refractivity contribution >= 4 is 35.0 Å². The largest absolute Gasteiger partial charge is 0.508 e. The average Bonchev–Trinajstić information content (AvgIpc) is 2.47. The third-order valence-corrected chi connectivity index (χ3v) is 3.82. The lowest BCUT2D eigenvalue weighted by atomic mass is 10.0. The lowest BCUT2D eigenvalue weighted by Crippen LogP contribution is -2.47. The minimum atomic E-state index is -1.07. The van der Waals surface area contributed by atoms with Gasteiger partial charge in [-0.15, -0.1) is 0 Å². The van der Waals surface area contributed by atoms with Gasteiger partial charge in [-0.1, -0.05) is 29.3 Å². The molecule has 2 rings (SSSR count). The number of likely N-dealkylation sites (tertiary alicyclic amines) is 1. The molecule has 21 heavy (non-hydrogen) atoms. The number of amides is 2. The van der Waals surface area contributed by atoms with Crippen molar-refractivity contribution in [1.29, 1.82) is 0 Å². The maximum absolute atomic E-state index is 12.3. The number of nitrogens with zero attached hydrogens (tertiary/aromatic N) is 1. The number of nitrogens with one attached hydrogen (secondary N) is 1. The Labute approximate surface area is 132 Å². The van der Waals surface area contributed by atoms with Crippen molar-refractivity contribution in [2.24, 2.45) is 0 Å². The molecule has 0 aliphatic carbocycles. The fourth-order valence-electron chi connectivity index (χ4n) is 2.31. The van der Waals surface area contributed by atoms with Gasteiger partial charge in [0.25, 0.3) is 11.8 Å². The number of carbonyl (C=O) groups excluding carboxylic acids is 2. The van der Waals surface area contributed by atoms with Gasteiger partial charge >= 0.3 is 0 Å². The summed E-state index contributed by atoms with van der Waals surface area (Å²) in [6.45, 7) is 1.07. The number of hydrogen-bond donors (Lipinski definition) is 2. The fraction of sp³-hybridized carbons (Fsp3) is 0.429. The van der Waals surface area contributed by atoms with Crippen LogP contribution in [-0.4, -0.2) is 45.8 Å². The molecule has 1 aliphatic heterocycles. The second-order valence-electron chi connectivity index (χ2n) is 4.93. The first-order valence-electron chi connectivity index (χ1n) is 6.64. The summed E-state index contributed by atoms with van der Waals surface area (Å²) in [5, 5.41) is 12.2. The Morgan fingerprint density at radius 2 is 1.95 bits per heavy atom. The second-order valence-corrected chi connectivity index (χ2v) is 6.02. The van der Waals surface area contributed by atoms with E-state index in [1.807, 2.05) is 0 Å². The van der Waals surface area contributed by atoms with E-state index in [1.54, 1.807) is 17.0 Å². The molecule has 0 atom stereocenters. The summed E-state index contributed by atoms with van der Waals surface area (Å²) in [5.41, 5.74) is 0.457. The molecule has 2 amide bonds. The van der Waals surface area contributed by atoms with Gasteiger partial charge < -0.3 is 15.3 Å². The quantitative estimate of drug-likeness (QED) is 0.832. The van der Waals surface area contributed by atoms with E-state index < -0.39 is 10.7 Å². The average molecular weight is 331 g/mol. The summed E-state index contributed by atoms with van der Waals surface area (Å²) in [6, 6.07) is 6.25. The van der Waals surface area contributed by atoms with E-state index in [0.717, 1.165) is 0 Å². The van der Waals surface area contributed by atoms with Crippen molar-refractivity contribution < 1.29 is 14.7 Å². The van der Waals surface area contributed by atoms with Crippen LogP contribution in [0.3, 0.4) is 0 Å². The van der Waals surface area contributed by atoms with Gasteiger partial charge in [0, 0.05) is 24.7 Å². The zero-order chi connectivity index (χ0) is 15.4. The van der Waals surface area contributed by atoms with Crippen LogP contribution in [0.5, 0.6) is 5.75 Å². The summed E-state index contributed by atoms with van der Waals surface area (Å²) in [6.07, 6.45) is 1.30. The van der Waals surface area contributed by atoms with Gasteiger partial charge in [-0.2, -0.15) is 0 Å². The third-order valence-electron chi connectivity index (χ3n) is 3.42. The Morgan fingerprint density at radius 1 is 1.29 bits per heavy atom. The highest BCUT2D eigenvalue weighted by Crippen LogP contribution is 2.17. The van der Waals surface area contributed by atoms with Gasteiger partial charge in [-0.3, -0.25) is 9.59 Å².